The number of nitrogens with zero attached hydrogens (tertiary/aromatic N) is 2. The molecule has 0 bridgehead atoms. The molecule has 0 aliphatic heterocycles. The smallest absolute Gasteiger partial charge is 0.0991 e. The van der Waals surface area contributed by atoms with Gasteiger partial charge in [0.15, 0.2) is 0 Å². The van der Waals surface area contributed by atoms with Crippen molar-refractivity contribution in [3.63, 3.8) is 0 Å². The van der Waals surface area contributed by atoms with E-state index < -0.39 is 0 Å². The Morgan fingerprint density at radius 3 is 2.75 bits per heavy atom. The number of hydrogen-bond donors (Lipinski definition) is 0. The molecule has 2 aromatic rings. The topological polar surface area (TPSA) is 36.7 Å². The molecule has 1 aromatic heterocycles. The predicted molar refractivity (Wildman–Crippen MR) is 82.6 cm³/mol. The van der Waals surface area contributed by atoms with Crippen LogP contribution >= 0.6 is 11.3 Å². The molecule has 2 nitrogen and oxygen atoms in total. The second-order valence-corrected chi connectivity index (χ2v) is 6.62. The molecule has 1 aliphatic rings. The van der Waals surface area contributed by atoms with E-state index in [1.807, 2.05) is 24.3 Å². The van der Waals surface area contributed by atoms with Crippen molar-refractivity contribution in [3.8, 4) is 17.3 Å². The van der Waals surface area contributed by atoms with E-state index >= 15 is 0 Å². The molecule has 0 N–H and O–H groups in total. The van der Waals surface area contributed by atoms with Crippen LogP contribution in [0.4, 0.5) is 0 Å². The number of benzene rings is 1. The maximum atomic E-state index is 8.83. The third-order valence-corrected chi connectivity index (χ3v) is 5.12. The molecule has 102 valence electrons. The van der Waals surface area contributed by atoms with Gasteiger partial charge in [0.1, 0.15) is 0 Å². The largest absolute Gasteiger partial charge is 0.241 e. The van der Waals surface area contributed by atoms with E-state index in [1.54, 1.807) is 11.3 Å². The van der Waals surface area contributed by atoms with E-state index in [2.05, 4.69) is 18.4 Å². The fourth-order valence-corrected chi connectivity index (χ4v) is 3.96. The minimum absolute atomic E-state index is 0.649. The van der Waals surface area contributed by atoms with E-state index in [0.717, 1.165) is 17.2 Å². The first-order valence-corrected chi connectivity index (χ1v) is 8.10. The second-order valence-electron chi connectivity index (χ2n) is 5.73. The number of nitriles is 1. The van der Waals surface area contributed by atoms with Crippen molar-refractivity contribution >= 4 is 11.3 Å². The third-order valence-electron chi connectivity index (χ3n) is 4.12. The summed E-state index contributed by atoms with van der Waals surface area (Å²) in [6, 6.07) is 9.84. The predicted octanol–water partition coefficient (Wildman–Crippen LogP) is 4.98. The van der Waals surface area contributed by atoms with E-state index in [1.165, 1.54) is 30.7 Å². The highest BCUT2D eigenvalue weighted by Gasteiger charge is 2.22. The minimum atomic E-state index is 0.649. The number of aromatic nitrogens is 1. The molecule has 1 aliphatic carbocycles. The van der Waals surface area contributed by atoms with Crippen molar-refractivity contribution in [1.29, 1.82) is 5.26 Å². The normalized spacial score (nSPS) is 22.4. The molecule has 1 heterocycles. The fourth-order valence-electron chi connectivity index (χ4n) is 2.98. The van der Waals surface area contributed by atoms with E-state index in [0.29, 0.717) is 11.5 Å². The van der Waals surface area contributed by atoms with Gasteiger partial charge in [-0.15, -0.1) is 11.3 Å². The molecule has 0 amide bonds. The van der Waals surface area contributed by atoms with Crippen LogP contribution in [0.2, 0.25) is 0 Å². The average molecular weight is 282 g/mol. The van der Waals surface area contributed by atoms with Crippen LogP contribution in [0.15, 0.2) is 29.6 Å². The van der Waals surface area contributed by atoms with Crippen LogP contribution in [0.25, 0.3) is 11.3 Å². The highest BCUT2D eigenvalue weighted by Crippen LogP contribution is 2.38. The first-order valence-electron chi connectivity index (χ1n) is 7.22. The monoisotopic (exact) mass is 282 g/mol. The van der Waals surface area contributed by atoms with Crippen LogP contribution in [-0.2, 0) is 0 Å². The van der Waals surface area contributed by atoms with Crippen LogP contribution in [0, 0.1) is 17.2 Å². The maximum Gasteiger partial charge on any atom is 0.0991 e. The second kappa shape index (κ2) is 5.76. The zero-order valence-corrected chi connectivity index (χ0v) is 12.5. The summed E-state index contributed by atoms with van der Waals surface area (Å²) >= 11 is 1.79. The summed E-state index contributed by atoms with van der Waals surface area (Å²) in [4.78, 5) is 4.83. The maximum absolute atomic E-state index is 8.83. The van der Waals surface area contributed by atoms with Gasteiger partial charge >= 0.3 is 0 Å². The summed E-state index contributed by atoms with van der Waals surface area (Å²) in [6.07, 6.45) is 5.26. The van der Waals surface area contributed by atoms with Crippen molar-refractivity contribution in [2.24, 2.45) is 5.92 Å². The quantitative estimate of drug-likeness (QED) is 0.779. The summed E-state index contributed by atoms with van der Waals surface area (Å²) in [6.45, 7) is 2.35. The van der Waals surface area contributed by atoms with Gasteiger partial charge in [-0.3, -0.25) is 0 Å². The summed E-state index contributed by atoms with van der Waals surface area (Å²) in [7, 11) is 0. The standard InChI is InChI=1S/C17H18N2S/c1-12-3-2-4-15(9-12)17-19-16(11-20-17)14-7-5-13(10-18)6-8-14/h5-8,11-12,15H,2-4,9H2,1H3. The molecule has 2 atom stereocenters. The van der Waals surface area contributed by atoms with Gasteiger partial charge < -0.3 is 0 Å². The van der Waals surface area contributed by atoms with E-state index in [9.17, 15) is 0 Å². The van der Waals surface area contributed by atoms with E-state index in [4.69, 9.17) is 10.2 Å². The Morgan fingerprint density at radius 1 is 1.25 bits per heavy atom. The van der Waals surface area contributed by atoms with Crippen LogP contribution in [0.1, 0.15) is 49.1 Å². The lowest BCUT2D eigenvalue weighted by molar-refractivity contribution is 0.343. The van der Waals surface area contributed by atoms with Gasteiger partial charge in [0, 0.05) is 16.9 Å². The van der Waals surface area contributed by atoms with Gasteiger partial charge in [-0.05, 0) is 30.9 Å². The van der Waals surface area contributed by atoms with Gasteiger partial charge in [-0.1, -0.05) is 31.9 Å². The van der Waals surface area contributed by atoms with Crippen LogP contribution in [0.3, 0.4) is 0 Å². The average Bonchev–Trinajstić information content (AvgIpc) is 2.97. The minimum Gasteiger partial charge on any atom is -0.241 e. The van der Waals surface area contributed by atoms with Gasteiger partial charge in [-0.25, -0.2) is 4.98 Å². The molecular weight excluding hydrogens is 264 g/mol. The van der Waals surface area contributed by atoms with Crippen molar-refractivity contribution in [2.75, 3.05) is 0 Å². The Labute approximate surface area is 124 Å². The Morgan fingerprint density at radius 2 is 2.05 bits per heavy atom. The fraction of sp³-hybridized carbons (Fsp3) is 0.412. The van der Waals surface area contributed by atoms with Crippen LogP contribution < -0.4 is 0 Å². The Bertz CT molecular complexity index is 621. The van der Waals surface area contributed by atoms with Crippen molar-refractivity contribution in [1.82, 2.24) is 4.98 Å². The first kappa shape index (κ1) is 13.3. The highest BCUT2D eigenvalue weighted by molar-refractivity contribution is 7.10. The van der Waals surface area contributed by atoms with Crippen LogP contribution in [0.5, 0.6) is 0 Å². The molecule has 0 radical (unpaired) electrons. The van der Waals surface area contributed by atoms with E-state index in [-0.39, 0.29) is 0 Å². The summed E-state index contributed by atoms with van der Waals surface area (Å²) in [5.41, 5.74) is 2.85. The molecule has 3 heteroatoms. The lowest BCUT2D eigenvalue weighted by Crippen LogP contribution is -2.11. The van der Waals surface area contributed by atoms with Gasteiger partial charge in [0.2, 0.25) is 0 Å². The molecule has 0 saturated heterocycles. The Balaban J connectivity index is 1.80. The molecule has 3 rings (SSSR count). The van der Waals surface area contributed by atoms with Crippen molar-refractivity contribution < 1.29 is 0 Å². The Kier molecular flexibility index (Phi) is 3.84. The van der Waals surface area contributed by atoms with Gasteiger partial charge in [0.25, 0.3) is 0 Å². The number of thiazole rings is 1. The summed E-state index contributed by atoms with van der Waals surface area (Å²) < 4.78 is 0. The zero-order valence-electron chi connectivity index (χ0n) is 11.7. The first-order chi connectivity index (χ1) is 9.76. The molecule has 1 saturated carbocycles. The SMILES string of the molecule is CC1CCCC(c2nc(-c3ccc(C#N)cc3)cs2)C1. The molecular formula is C17H18N2S. The highest BCUT2D eigenvalue weighted by atomic mass is 32.1. The molecule has 20 heavy (non-hydrogen) atoms. The zero-order chi connectivity index (χ0) is 13.9. The number of rotatable bonds is 2. The molecule has 2 unspecified atom stereocenters. The third kappa shape index (κ3) is 2.76. The van der Waals surface area contributed by atoms with Crippen LogP contribution in [-0.4, -0.2) is 4.98 Å². The van der Waals surface area contributed by atoms with Gasteiger partial charge in [0.05, 0.1) is 22.3 Å². The lowest BCUT2D eigenvalue weighted by Gasteiger charge is -2.24. The lowest BCUT2D eigenvalue weighted by atomic mass is 9.83. The summed E-state index contributed by atoms with van der Waals surface area (Å²) in [5, 5.41) is 12.3. The Hall–Kier alpha value is -1.66. The number of hydrogen-bond acceptors (Lipinski definition) is 3. The van der Waals surface area contributed by atoms with Crippen molar-refractivity contribution in [2.45, 2.75) is 38.5 Å². The van der Waals surface area contributed by atoms with Crippen molar-refractivity contribution in [3.05, 3.63) is 40.2 Å². The van der Waals surface area contributed by atoms with Gasteiger partial charge in [-0.2, -0.15) is 5.26 Å². The molecule has 1 aromatic carbocycles. The molecule has 1 fully saturated rings. The molecule has 0 spiro atoms. The summed E-state index contributed by atoms with van der Waals surface area (Å²) in [5.74, 6) is 1.48.